The van der Waals surface area contributed by atoms with E-state index in [0.29, 0.717) is 21.4 Å². The van der Waals surface area contributed by atoms with Crippen molar-refractivity contribution in [2.24, 2.45) is 0 Å². The predicted molar refractivity (Wildman–Crippen MR) is 183 cm³/mol. The second-order valence-corrected chi connectivity index (χ2v) is 13.9. The lowest BCUT2D eigenvalue weighted by Gasteiger charge is -2.34. The predicted octanol–water partition coefficient (Wildman–Crippen LogP) is 6.67. The van der Waals surface area contributed by atoms with Gasteiger partial charge in [0.15, 0.2) is 0 Å². The van der Waals surface area contributed by atoms with Gasteiger partial charge in [-0.25, -0.2) is 8.42 Å². The highest BCUT2D eigenvalue weighted by molar-refractivity contribution is 7.92. The summed E-state index contributed by atoms with van der Waals surface area (Å²) >= 11 is 12.7. The number of nitrogens with zero attached hydrogens (tertiary/aromatic N) is 2. The zero-order valence-corrected chi connectivity index (χ0v) is 28.4. The molecule has 4 aromatic carbocycles. The van der Waals surface area contributed by atoms with Gasteiger partial charge in [0.05, 0.1) is 17.7 Å². The Morgan fingerprint density at radius 1 is 0.891 bits per heavy atom. The Morgan fingerprint density at radius 3 is 2.22 bits per heavy atom. The molecule has 0 spiro atoms. The average Bonchev–Trinajstić information content (AvgIpc) is 3.02. The van der Waals surface area contributed by atoms with Gasteiger partial charge in [-0.3, -0.25) is 13.9 Å². The minimum Gasteiger partial charge on any atom is -0.497 e. The van der Waals surface area contributed by atoms with Crippen molar-refractivity contribution in [3.63, 3.8) is 0 Å². The molecule has 0 heterocycles. The molecule has 1 atom stereocenters. The minimum atomic E-state index is -4.25. The van der Waals surface area contributed by atoms with Crippen LogP contribution in [0.25, 0.3) is 0 Å². The summed E-state index contributed by atoms with van der Waals surface area (Å²) in [5, 5.41) is 3.66. The van der Waals surface area contributed by atoms with E-state index < -0.39 is 28.5 Å². The number of nitrogens with one attached hydrogen (secondary N) is 1. The fourth-order valence-electron chi connectivity index (χ4n) is 4.90. The second kappa shape index (κ2) is 15.5. The summed E-state index contributed by atoms with van der Waals surface area (Å²) in [5.74, 6) is -0.576. The van der Waals surface area contributed by atoms with Crippen molar-refractivity contribution in [1.29, 1.82) is 0 Å². The molecule has 0 unspecified atom stereocenters. The summed E-state index contributed by atoms with van der Waals surface area (Å²) in [5.41, 5.74) is 2.48. The van der Waals surface area contributed by atoms with E-state index in [1.165, 1.54) is 24.1 Å². The zero-order chi connectivity index (χ0) is 33.4. The number of rotatable bonds is 13. The summed E-state index contributed by atoms with van der Waals surface area (Å²) in [6.07, 6.45) is 0.181. The lowest BCUT2D eigenvalue weighted by atomic mass is 10.0. The quantitative estimate of drug-likeness (QED) is 0.170. The van der Waals surface area contributed by atoms with Crippen molar-refractivity contribution in [2.75, 3.05) is 18.0 Å². The number of methoxy groups -OCH3 is 1. The van der Waals surface area contributed by atoms with Crippen LogP contribution in [0, 0.1) is 6.92 Å². The van der Waals surface area contributed by atoms with Gasteiger partial charge in [0.1, 0.15) is 18.3 Å². The molecule has 0 fully saturated rings. The molecule has 1 N–H and O–H groups in total. The number of anilines is 1. The Kier molecular flexibility index (Phi) is 11.7. The molecule has 0 bridgehead atoms. The fourth-order valence-corrected chi connectivity index (χ4v) is 6.77. The molecule has 8 nitrogen and oxygen atoms in total. The second-order valence-electron chi connectivity index (χ2n) is 11.2. The highest BCUT2D eigenvalue weighted by Crippen LogP contribution is 2.29. The number of hydrogen-bond donors (Lipinski definition) is 1. The molecule has 2 amide bonds. The third-order valence-electron chi connectivity index (χ3n) is 7.29. The molecule has 11 heteroatoms. The van der Waals surface area contributed by atoms with Gasteiger partial charge in [-0.05, 0) is 68.3 Å². The lowest BCUT2D eigenvalue weighted by molar-refractivity contribution is -0.140. The van der Waals surface area contributed by atoms with Crippen molar-refractivity contribution >= 4 is 50.7 Å². The third kappa shape index (κ3) is 8.81. The van der Waals surface area contributed by atoms with Crippen molar-refractivity contribution in [1.82, 2.24) is 10.2 Å². The zero-order valence-electron chi connectivity index (χ0n) is 26.1. The van der Waals surface area contributed by atoms with E-state index in [2.05, 4.69) is 5.32 Å². The average molecular weight is 683 g/mol. The molecule has 4 rings (SSSR count). The van der Waals surface area contributed by atoms with E-state index in [-0.39, 0.29) is 35.5 Å². The van der Waals surface area contributed by atoms with E-state index >= 15 is 0 Å². The van der Waals surface area contributed by atoms with Gasteiger partial charge in [0, 0.05) is 35.1 Å². The first-order valence-corrected chi connectivity index (χ1v) is 16.9. The van der Waals surface area contributed by atoms with Crippen LogP contribution in [0.4, 0.5) is 5.69 Å². The van der Waals surface area contributed by atoms with Gasteiger partial charge in [0.2, 0.25) is 11.8 Å². The van der Waals surface area contributed by atoms with Crippen molar-refractivity contribution < 1.29 is 22.7 Å². The first kappa shape index (κ1) is 34.8. The van der Waals surface area contributed by atoms with Crippen LogP contribution >= 0.6 is 23.2 Å². The Morgan fingerprint density at radius 2 is 1.59 bits per heavy atom. The molecular formula is C35H37Cl2N3O5S. The van der Waals surface area contributed by atoms with Gasteiger partial charge in [0.25, 0.3) is 10.0 Å². The number of benzene rings is 4. The molecule has 0 aromatic heterocycles. The molecule has 0 aliphatic rings. The van der Waals surface area contributed by atoms with Crippen LogP contribution in [0.3, 0.4) is 0 Å². The van der Waals surface area contributed by atoms with Gasteiger partial charge >= 0.3 is 0 Å². The Balaban J connectivity index is 1.84. The van der Waals surface area contributed by atoms with Crippen LogP contribution < -0.4 is 14.4 Å². The molecule has 4 aromatic rings. The van der Waals surface area contributed by atoms with E-state index in [1.54, 1.807) is 54.6 Å². The monoisotopic (exact) mass is 681 g/mol. The van der Waals surface area contributed by atoms with Gasteiger partial charge in [-0.1, -0.05) is 83.4 Å². The normalized spacial score (nSPS) is 12.0. The maximum Gasteiger partial charge on any atom is 0.264 e. The van der Waals surface area contributed by atoms with Crippen LogP contribution in [-0.2, 0) is 32.6 Å². The van der Waals surface area contributed by atoms with Crippen molar-refractivity contribution in [3.8, 4) is 5.75 Å². The summed E-state index contributed by atoms with van der Waals surface area (Å²) in [6.45, 7) is 4.84. The molecule has 242 valence electrons. The van der Waals surface area contributed by atoms with Gasteiger partial charge in [-0.2, -0.15) is 0 Å². The van der Waals surface area contributed by atoms with E-state index in [9.17, 15) is 18.0 Å². The Hall–Kier alpha value is -4.05. The van der Waals surface area contributed by atoms with Crippen molar-refractivity contribution in [2.45, 2.75) is 50.7 Å². The molecular weight excluding hydrogens is 645 g/mol. The number of amides is 2. The molecule has 0 aliphatic heterocycles. The minimum absolute atomic E-state index is 0.0133. The summed E-state index contributed by atoms with van der Waals surface area (Å²) in [6, 6.07) is 25.9. The molecule has 46 heavy (non-hydrogen) atoms. The van der Waals surface area contributed by atoms with Crippen LogP contribution in [0.1, 0.15) is 30.5 Å². The summed E-state index contributed by atoms with van der Waals surface area (Å²) in [7, 11) is -2.77. The number of halogens is 2. The summed E-state index contributed by atoms with van der Waals surface area (Å²) < 4.78 is 34.8. The highest BCUT2D eigenvalue weighted by atomic mass is 35.5. The van der Waals surface area contributed by atoms with Crippen LogP contribution in [0.15, 0.2) is 102 Å². The standard InChI is InChI=1S/C35H37Cl2N3O5S/c1-24(2)38-35(42)33(19-26-9-6-5-7-10-26)39(22-27-15-16-28(36)20-32(27)37)34(41)23-40(29-11-8-12-30(21-29)45-4)46(43,44)31-17-13-25(3)14-18-31/h5-18,20-21,24,33H,19,22-23H2,1-4H3,(H,38,42)/t33-/m0/s1. The van der Waals surface area contributed by atoms with Gasteiger partial charge in [-0.15, -0.1) is 0 Å². The SMILES string of the molecule is COc1cccc(N(CC(=O)N(Cc2ccc(Cl)cc2Cl)[C@@H](Cc2ccccc2)C(=O)NC(C)C)S(=O)(=O)c2ccc(C)cc2)c1. The number of carbonyl (C=O) groups is 2. The number of sulfonamides is 1. The Bertz CT molecular complexity index is 1770. The maximum absolute atomic E-state index is 14.6. The number of ether oxygens (including phenoxy) is 1. The first-order valence-electron chi connectivity index (χ1n) is 14.7. The smallest absolute Gasteiger partial charge is 0.264 e. The number of aryl methyl sites for hydroxylation is 1. The molecule has 0 aliphatic carbocycles. The lowest BCUT2D eigenvalue weighted by Crippen LogP contribution is -2.54. The van der Waals surface area contributed by atoms with Crippen LogP contribution in [-0.4, -0.2) is 50.9 Å². The van der Waals surface area contributed by atoms with E-state index in [0.717, 1.165) is 15.4 Å². The molecule has 0 radical (unpaired) electrons. The fraction of sp³-hybridized carbons (Fsp3) is 0.257. The number of hydrogen-bond acceptors (Lipinski definition) is 5. The third-order valence-corrected chi connectivity index (χ3v) is 9.66. The summed E-state index contributed by atoms with van der Waals surface area (Å²) in [4.78, 5) is 29.8. The highest BCUT2D eigenvalue weighted by Gasteiger charge is 2.35. The van der Waals surface area contributed by atoms with E-state index in [1.807, 2.05) is 51.1 Å². The van der Waals surface area contributed by atoms with Gasteiger partial charge < -0.3 is 15.0 Å². The number of carbonyl (C=O) groups excluding carboxylic acids is 2. The van der Waals surface area contributed by atoms with Crippen LogP contribution in [0.2, 0.25) is 10.0 Å². The topological polar surface area (TPSA) is 96.0 Å². The molecule has 0 saturated carbocycles. The van der Waals surface area contributed by atoms with Crippen LogP contribution in [0.5, 0.6) is 5.75 Å². The Labute approximate surface area is 280 Å². The maximum atomic E-state index is 14.6. The molecule has 0 saturated heterocycles. The first-order chi connectivity index (χ1) is 21.9. The van der Waals surface area contributed by atoms with E-state index in [4.69, 9.17) is 27.9 Å². The van der Waals surface area contributed by atoms with Crippen molar-refractivity contribution in [3.05, 3.63) is 124 Å². The largest absolute Gasteiger partial charge is 0.497 e.